The van der Waals surface area contributed by atoms with E-state index >= 15 is 0 Å². The topological polar surface area (TPSA) is 74.8 Å². The van der Waals surface area contributed by atoms with E-state index in [1.807, 2.05) is 0 Å². The van der Waals surface area contributed by atoms with Gasteiger partial charge in [-0.1, -0.05) is 45.2 Å². The predicted octanol–water partition coefficient (Wildman–Crippen LogP) is 4.26. The summed E-state index contributed by atoms with van der Waals surface area (Å²) in [6.45, 7) is 3.39. The van der Waals surface area contributed by atoms with Crippen LogP contribution in [-0.2, 0) is 19.6 Å². The second kappa shape index (κ2) is 8.57. The average molecular weight is 518 g/mol. The van der Waals surface area contributed by atoms with E-state index in [4.69, 9.17) is 23.2 Å². The third kappa shape index (κ3) is 4.27. The van der Waals surface area contributed by atoms with Gasteiger partial charge in [0.05, 0.1) is 17.1 Å². The Morgan fingerprint density at radius 3 is 2.45 bits per heavy atom. The third-order valence-electron chi connectivity index (χ3n) is 4.34. The molecule has 0 saturated carbocycles. The number of hydrogen-bond acceptors (Lipinski definition) is 4. The molecule has 0 bridgehead atoms. The Morgan fingerprint density at radius 1 is 1.17 bits per heavy atom. The van der Waals surface area contributed by atoms with Gasteiger partial charge in [0, 0.05) is 16.0 Å². The van der Waals surface area contributed by atoms with Crippen molar-refractivity contribution < 1.29 is 18.0 Å². The molecule has 1 fully saturated rings. The van der Waals surface area contributed by atoms with E-state index in [-0.39, 0.29) is 27.9 Å². The molecule has 0 aliphatic carbocycles. The SMILES string of the molecule is C=CCN(C1CC(=O)N(c2ccc(Br)cc2)C1=O)S(=O)(=O)c1cc(Cl)ccc1Cl. The van der Waals surface area contributed by atoms with Crippen molar-refractivity contribution in [3.8, 4) is 0 Å². The Morgan fingerprint density at radius 2 is 1.83 bits per heavy atom. The van der Waals surface area contributed by atoms with Crippen molar-refractivity contribution in [2.45, 2.75) is 17.4 Å². The zero-order valence-electron chi connectivity index (χ0n) is 14.9. The van der Waals surface area contributed by atoms with Gasteiger partial charge in [-0.25, -0.2) is 13.3 Å². The highest BCUT2D eigenvalue weighted by Crippen LogP contribution is 2.33. The summed E-state index contributed by atoms with van der Waals surface area (Å²) in [5, 5.41) is 0.141. The first-order chi connectivity index (χ1) is 13.7. The fourth-order valence-corrected chi connectivity index (χ4v) is 5.58. The molecular weight excluding hydrogens is 503 g/mol. The van der Waals surface area contributed by atoms with E-state index < -0.39 is 27.9 Å². The van der Waals surface area contributed by atoms with Crippen molar-refractivity contribution >= 4 is 66.7 Å². The molecule has 1 aliphatic heterocycles. The van der Waals surface area contributed by atoms with Gasteiger partial charge in [-0.05, 0) is 42.5 Å². The number of imide groups is 1. The summed E-state index contributed by atoms with van der Waals surface area (Å²) in [6.07, 6.45) is 1.05. The second-order valence-electron chi connectivity index (χ2n) is 6.20. The lowest BCUT2D eigenvalue weighted by atomic mass is 10.2. The third-order valence-corrected chi connectivity index (χ3v) is 7.46. The molecule has 1 unspecified atom stereocenters. The molecule has 1 saturated heterocycles. The van der Waals surface area contributed by atoms with Crippen LogP contribution in [-0.4, -0.2) is 37.1 Å². The minimum Gasteiger partial charge on any atom is -0.274 e. The van der Waals surface area contributed by atoms with E-state index in [9.17, 15) is 18.0 Å². The lowest BCUT2D eigenvalue weighted by Gasteiger charge is -2.26. The molecule has 3 rings (SSSR count). The average Bonchev–Trinajstić information content (AvgIpc) is 2.96. The quantitative estimate of drug-likeness (QED) is 0.423. The van der Waals surface area contributed by atoms with E-state index in [1.54, 1.807) is 24.3 Å². The molecule has 1 atom stereocenters. The lowest BCUT2D eigenvalue weighted by molar-refractivity contribution is -0.122. The van der Waals surface area contributed by atoms with Gasteiger partial charge >= 0.3 is 0 Å². The fraction of sp³-hybridized carbons (Fsp3) is 0.158. The molecule has 152 valence electrons. The minimum atomic E-state index is -4.23. The number of benzene rings is 2. The number of carbonyl (C=O) groups excluding carboxylic acids is 2. The van der Waals surface area contributed by atoms with Crippen molar-refractivity contribution in [1.82, 2.24) is 4.31 Å². The maximum atomic E-state index is 13.3. The first kappa shape index (κ1) is 22.0. The molecule has 0 N–H and O–H groups in total. The Bertz CT molecular complexity index is 1090. The molecule has 2 aromatic rings. The van der Waals surface area contributed by atoms with Crippen LogP contribution in [0.4, 0.5) is 5.69 Å². The van der Waals surface area contributed by atoms with Crippen molar-refractivity contribution in [2.24, 2.45) is 0 Å². The van der Waals surface area contributed by atoms with Crippen molar-refractivity contribution in [1.29, 1.82) is 0 Å². The van der Waals surface area contributed by atoms with Gasteiger partial charge < -0.3 is 0 Å². The largest absolute Gasteiger partial charge is 0.274 e. The Kier molecular flexibility index (Phi) is 6.50. The molecule has 1 aliphatic rings. The molecule has 0 spiro atoms. The van der Waals surface area contributed by atoms with Gasteiger partial charge in [0.2, 0.25) is 15.9 Å². The first-order valence-corrected chi connectivity index (χ1v) is 11.4. The van der Waals surface area contributed by atoms with Crippen LogP contribution in [0.15, 0.2) is 64.5 Å². The molecule has 2 aromatic carbocycles. The molecule has 2 amide bonds. The Labute approximate surface area is 186 Å². The van der Waals surface area contributed by atoms with E-state index in [0.29, 0.717) is 5.69 Å². The van der Waals surface area contributed by atoms with Crippen LogP contribution in [0.5, 0.6) is 0 Å². The molecular formula is C19H15BrCl2N2O4S. The summed E-state index contributed by atoms with van der Waals surface area (Å²) < 4.78 is 28.2. The molecule has 10 heteroatoms. The highest BCUT2D eigenvalue weighted by atomic mass is 79.9. The van der Waals surface area contributed by atoms with E-state index in [0.717, 1.165) is 13.7 Å². The van der Waals surface area contributed by atoms with Crippen LogP contribution in [0.3, 0.4) is 0 Å². The molecule has 1 heterocycles. The van der Waals surface area contributed by atoms with Gasteiger partial charge in [0.1, 0.15) is 10.9 Å². The molecule has 0 aromatic heterocycles. The second-order valence-corrected chi connectivity index (χ2v) is 9.82. The molecule has 0 radical (unpaired) electrons. The minimum absolute atomic E-state index is 0.0370. The summed E-state index contributed by atoms with van der Waals surface area (Å²) >= 11 is 15.3. The van der Waals surface area contributed by atoms with Crippen LogP contribution >= 0.6 is 39.1 Å². The lowest BCUT2D eigenvalue weighted by Crippen LogP contribution is -2.45. The van der Waals surface area contributed by atoms with E-state index in [2.05, 4.69) is 22.5 Å². The van der Waals surface area contributed by atoms with Gasteiger partial charge in [0.15, 0.2) is 0 Å². The number of halogens is 3. The number of anilines is 1. The number of amides is 2. The maximum Gasteiger partial charge on any atom is 0.252 e. The van der Waals surface area contributed by atoms with Crippen molar-refractivity contribution in [2.75, 3.05) is 11.4 Å². The highest BCUT2D eigenvalue weighted by molar-refractivity contribution is 9.10. The van der Waals surface area contributed by atoms with Crippen LogP contribution in [0.25, 0.3) is 0 Å². The van der Waals surface area contributed by atoms with Gasteiger partial charge in [-0.2, -0.15) is 4.31 Å². The monoisotopic (exact) mass is 516 g/mol. The molecule has 6 nitrogen and oxygen atoms in total. The summed E-state index contributed by atoms with van der Waals surface area (Å²) in [6, 6.07) is 9.39. The summed E-state index contributed by atoms with van der Waals surface area (Å²) in [5.41, 5.74) is 0.363. The predicted molar refractivity (Wildman–Crippen MR) is 116 cm³/mol. The number of nitrogens with zero attached hydrogens (tertiary/aromatic N) is 2. The first-order valence-electron chi connectivity index (χ1n) is 8.37. The van der Waals surface area contributed by atoms with Crippen LogP contribution < -0.4 is 4.90 Å². The van der Waals surface area contributed by atoms with Gasteiger partial charge in [0.25, 0.3) is 5.91 Å². The van der Waals surface area contributed by atoms with Crippen LogP contribution in [0.2, 0.25) is 10.0 Å². The standard InChI is InChI=1S/C19H15BrCl2N2O4S/c1-2-9-23(29(27,28)17-10-13(21)5-8-15(17)22)16-11-18(25)24(19(16)26)14-6-3-12(20)4-7-14/h2-8,10,16H,1,9,11H2. The van der Waals surface area contributed by atoms with E-state index in [1.165, 1.54) is 24.3 Å². The highest BCUT2D eigenvalue weighted by Gasteiger charge is 2.46. The van der Waals surface area contributed by atoms with Crippen LogP contribution in [0, 0.1) is 0 Å². The summed E-state index contributed by atoms with van der Waals surface area (Å²) in [5.74, 6) is -1.13. The van der Waals surface area contributed by atoms with Crippen LogP contribution in [0.1, 0.15) is 6.42 Å². The van der Waals surface area contributed by atoms with Gasteiger partial charge in [-0.3, -0.25) is 9.59 Å². The maximum absolute atomic E-state index is 13.3. The zero-order chi connectivity index (χ0) is 21.3. The normalized spacial score (nSPS) is 17.2. The molecule has 29 heavy (non-hydrogen) atoms. The fourth-order valence-electron chi connectivity index (χ4n) is 3.02. The summed E-state index contributed by atoms with van der Waals surface area (Å²) in [4.78, 5) is 26.4. The smallest absolute Gasteiger partial charge is 0.252 e. The van der Waals surface area contributed by atoms with Crippen molar-refractivity contribution in [3.05, 3.63) is 69.6 Å². The Hall–Kier alpha value is -1.71. The van der Waals surface area contributed by atoms with Crippen molar-refractivity contribution in [3.63, 3.8) is 0 Å². The zero-order valence-corrected chi connectivity index (χ0v) is 18.8. The van der Waals surface area contributed by atoms with Gasteiger partial charge in [-0.15, -0.1) is 6.58 Å². The number of rotatable bonds is 6. The summed E-state index contributed by atoms with van der Waals surface area (Å²) in [7, 11) is -4.23. The Balaban J connectivity index is 2.02. The number of sulfonamides is 1. The number of carbonyl (C=O) groups is 2. The number of hydrogen-bond donors (Lipinski definition) is 0.